The predicted molar refractivity (Wildman–Crippen MR) is 98.5 cm³/mol. The Kier molecular flexibility index (Phi) is 7.10. The lowest BCUT2D eigenvalue weighted by atomic mass is 10.2. The Labute approximate surface area is 159 Å². The minimum absolute atomic E-state index is 0. The number of nitrogens with zero attached hydrogens (tertiary/aromatic N) is 1. The molecule has 1 saturated heterocycles. The molecule has 146 valence electrons. The van der Waals surface area contributed by atoms with Gasteiger partial charge in [-0.25, -0.2) is 8.42 Å². The summed E-state index contributed by atoms with van der Waals surface area (Å²) in [6.07, 6.45) is 0.741. The van der Waals surface area contributed by atoms with Crippen LogP contribution in [-0.4, -0.2) is 64.7 Å². The lowest BCUT2D eigenvalue weighted by molar-refractivity contribution is -0.133. The maximum absolute atomic E-state index is 12.6. The van der Waals surface area contributed by atoms with E-state index in [0.717, 1.165) is 6.42 Å². The Morgan fingerprint density at radius 3 is 2.54 bits per heavy atom. The molecule has 0 spiro atoms. The number of sulfonamides is 1. The van der Waals surface area contributed by atoms with Crippen LogP contribution in [0.5, 0.6) is 11.5 Å². The lowest BCUT2D eigenvalue weighted by Gasteiger charge is -2.29. The van der Waals surface area contributed by atoms with E-state index >= 15 is 0 Å². The maximum Gasteiger partial charge on any atom is 0.241 e. The van der Waals surface area contributed by atoms with Crippen LogP contribution >= 0.6 is 12.4 Å². The van der Waals surface area contributed by atoms with Crippen molar-refractivity contribution in [2.24, 2.45) is 0 Å². The number of hydrogen-bond donors (Lipinski definition) is 2. The number of rotatable bonds is 4. The highest BCUT2D eigenvalue weighted by molar-refractivity contribution is 7.89. The second kappa shape index (κ2) is 8.90. The third-order valence-electron chi connectivity index (χ3n) is 4.16. The van der Waals surface area contributed by atoms with E-state index in [9.17, 15) is 13.2 Å². The van der Waals surface area contributed by atoms with Gasteiger partial charge in [0.05, 0.1) is 24.2 Å². The van der Waals surface area contributed by atoms with E-state index in [-0.39, 0.29) is 23.2 Å². The van der Waals surface area contributed by atoms with Gasteiger partial charge in [0.25, 0.3) is 0 Å². The third-order valence-corrected chi connectivity index (χ3v) is 5.70. The Morgan fingerprint density at radius 2 is 1.85 bits per heavy atom. The molecule has 1 unspecified atom stereocenters. The second-order valence-electron chi connectivity index (χ2n) is 6.08. The molecule has 1 fully saturated rings. The van der Waals surface area contributed by atoms with Gasteiger partial charge in [0, 0.05) is 38.7 Å². The molecule has 3 rings (SSSR count). The van der Waals surface area contributed by atoms with Crippen molar-refractivity contribution in [2.45, 2.75) is 24.3 Å². The van der Waals surface area contributed by atoms with Gasteiger partial charge in [0.1, 0.15) is 0 Å². The first-order valence-corrected chi connectivity index (χ1v) is 9.87. The smallest absolute Gasteiger partial charge is 0.241 e. The molecule has 0 saturated carbocycles. The molecule has 0 bridgehead atoms. The van der Waals surface area contributed by atoms with Crippen molar-refractivity contribution in [2.75, 3.05) is 39.4 Å². The summed E-state index contributed by atoms with van der Waals surface area (Å²) < 4.78 is 38.7. The van der Waals surface area contributed by atoms with Crippen LogP contribution in [0.3, 0.4) is 0 Å². The highest BCUT2D eigenvalue weighted by Crippen LogP contribution is 2.31. The normalized spacial score (nSPS) is 18.4. The number of nitrogens with one attached hydrogen (secondary N) is 2. The number of carbonyl (C=O) groups excluding carboxylic acids is 1. The summed E-state index contributed by atoms with van der Waals surface area (Å²) in [5.74, 6) is 0.710. The van der Waals surface area contributed by atoms with E-state index in [1.807, 2.05) is 0 Å². The van der Waals surface area contributed by atoms with Crippen LogP contribution in [0.15, 0.2) is 23.1 Å². The van der Waals surface area contributed by atoms with Gasteiger partial charge in [-0.2, -0.15) is 4.72 Å². The van der Waals surface area contributed by atoms with Crippen LogP contribution in [0.1, 0.15) is 13.3 Å². The molecule has 8 nitrogen and oxygen atoms in total. The molecule has 2 aliphatic heterocycles. The van der Waals surface area contributed by atoms with Crippen LogP contribution in [0.25, 0.3) is 0 Å². The molecule has 0 aromatic heterocycles. The number of halogens is 1. The fourth-order valence-electron chi connectivity index (χ4n) is 2.82. The van der Waals surface area contributed by atoms with Crippen LogP contribution in [0.2, 0.25) is 0 Å². The molecule has 0 radical (unpaired) electrons. The summed E-state index contributed by atoms with van der Waals surface area (Å²) in [7, 11) is -3.84. The van der Waals surface area contributed by atoms with Crippen LogP contribution in [-0.2, 0) is 14.8 Å². The topological polar surface area (TPSA) is 97.0 Å². The van der Waals surface area contributed by atoms with E-state index in [1.165, 1.54) is 12.1 Å². The first kappa shape index (κ1) is 20.8. The van der Waals surface area contributed by atoms with Gasteiger partial charge in [0.2, 0.25) is 15.9 Å². The van der Waals surface area contributed by atoms with Crippen molar-refractivity contribution >= 4 is 28.3 Å². The molecule has 2 heterocycles. The zero-order chi connectivity index (χ0) is 17.9. The molecular formula is C16H24ClN3O5S. The number of amides is 1. The second-order valence-corrected chi connectivity index (χ2v) is 7.79. The molecule has 26 heavy (non-hydrogen) atoms. The van der Waals surface area contributed by atoms with E-state index in [4.69, 9.17) is 9.47 Å². The quantitative estimate of drug-likeness (QED) is 0.751. The fourth-order valence-corrected chi connectivity index (χ4v) is 4.03. The van der Waals surface area contributed by atoms with E-state index < -0.39 is 16.1 Å². The van der Waals surface area contributed by atoms with Crippen LogP contribution in [0, 0.1) is 0 Å². The summed E-state index contributed by atoms with van der Waals surface area (Å²) in [5.41, 5.74) is 0. The van der Waals surface area contributed by atoms with Gasteiger partial charge in [-0.3, -0.25) is 4.79 Å². The van der Waals surface area contributed by atoms with Crippen molar-refractivity contribution in [1.82, 2.24) is 14.9 Å². The van der Waals surface area contributed by atoms with Crippen molar-refractivity contribution in [1.29, 1.82) is 0 Å². The highest BCUT2D eigenvalue weighted by Gasteiger charge is 2.27. The maximum atomic E-state index is 12.6. The lowest BCUT2D eigenvalue weighted by Crippen LogP contribution is -2.53. The molecule has 1 amide bonds. The van der Waals surface area contributed by atoms with Gasteiger partial charge in [-0.15, -0.1) is 12.4 Å². The number of hydrogen-bond acceptors (Lipinski definition) is 6. The average Bonchev–Trinajstić information content (AvgIpc) is 2.86. The summed E-state index contributed by atoms with van der Waals surface area (Å²) in [4.78, 5) is 14.1. The first-order valence-electron chi connectivity index (χ1n) is 8.39. The Hall–Kier alpha value is -1.55. The summed E-state index contributed by atoms with van der Waals surface area (Å²) in [6, 6.07) is 3.64. The number of ether oxygens (including phenoxy) is 2. The van der Waals surface area contributed by atoms with Gasteiger partial charge in [-0.1, -0.05) is 0 Å². The molecular weight excluding hydrogens is 382 g/mol. The summed E-state index contributed by atoms with van der Waals surface area (Å²) in [6.45, 7) is 5.16. The average molecular weight is 406 g/mol. The largest absolute Gasteiger partial charge is 0.490 e. The van der Waals surface area contributed by atoms with Gasteiger partial charge in [-0.05, 0) is 19.1 Å². The fraction of sp³-hybridized carbons (Fsp3) is 0.562. The van der Waals surface area contributed by atoms with Crippen LogP contribution < -0.4 is 19.5 Å². The Morgan fingerprint density at radius 1 is 1.19 bits per heavy atom. The molecule has 1 aromatic carbocycles. The molecule has 1 aromatic rings. The molecule has 2 N–H and O–H groups in total. The molecule has 2 aliphatic rings. The van der Waals surface area contributed by atoms with Gasteiger partial charge < -0.3 is 19.7 Å². The Balaban J connectivity index is 0.00000243. The first-order chi connectivity index (χ1) is 12.0. The number of piperazine rings is 1. The monoisotopic (exact) mass is 405 g/mol. The number of fused-ring (bicyclic) bond motifs is 1. The van der Waals surface area contributed by atoms with Crippen molar-refractivity contribution in [3.05, 3.63) is 18.2 Å². The van der Waals surface area contributed by atoms with E-state index in [1.54, 1.807) is 17.9 Å². The summed E-state index contributed by atoms with van der Waals surface area (Å²) >= 11 is 0. The van der Waals surface area contributed by atoms with Crippen molar-refractivity contribution in [3.63, 3.8) is 0 Å². The SMILES string of the molecule is CC(NS(=O)(=O)c1ccc2c(c1)OCCCO2)C(=O)N1CCNCC1.Cl. The standard InChI is InChI=1S/C16H23N3O5S.ClH/c1-12(16(20)19-7-5-17-6-8-19)18-25(21,22)13-3-4-14-15(11-13)24-10-2-9-23-14;/h3-4,11-12,17-18H,2,5-10H2,1H3;1H. The third kappa shape index (κ3) is 4.79. The summed E-state index contributed by atoms with van der Waals surface area (Å²) in [5, 5.41) is 3.16. The molecule has 1 atom stereocenters. The highest BCUT2D eigenvalue weighted by atomic mass is 35.5. The molecule has 10 heteroatoms. The Bertz CT molecular complexity index is 737. The van der Waals surface area contributed by atoms with Crippen LogP contribution in [0.4, 0.5) is 0 Å². The molecule has 0 aliphatic carbocycles. The van der Waals surface area contributed by atoms with Gasteiger partial charge >= 0.3 is 0 Å². The van der Waals surface area contributed by atoms with Crippen molar-refractivity contribution in [3.8, 4) is 11.5 Å². The number of carbonyl (C=O) groups is 1. The zero-order valence-corrected chi connectivity index (χ0v) is 16.2. The van der Waals surface area contributed by atoms with Crippen molar-refractivity contribution < 1.29 is 22.7 Å². The minimum atomic E-state index is -3.84. The number of benzene rings is 1. The minimum Gasteiger partial charge on any atom is -0.490 e. The van der Waals surface area contributed by atoms with E-state index in [0.29, 0.717) is 50.9 Å². The predicted octanol–water partition coefficient (Wildman–Crippen LogP) is 0.368. The van der Waals surface area contributed by atoms with E-state index in [2.05, 4.69) is 10.0 Å². The van der Waals surface area contributed by atoms with Gasteiger partial charge in [0.15, 0.2) is 11.5 Å². The zero-order valence-electron chi connectivity index (χ0n) is 14.6.